The molecule has 0 heterocycles. The van der Waals surface area contributed by atoms with Gasteiger partial charge in [0, 0.05) is 6.54 Å². The van der Waals surface area contributed by atoms with E-state index in [0.29, 0.717) is 16.5 Å². The molecule has 0 radical (unpaired) electrons. The molecule has 0 bridgehead atoms. The summed E-state index contributed by atoms with van der Waals surface area (Å²) < 4.78 is 10.5. The molecule has 1 N–H and O–H groups in total. The van der Waals surface area contributed by atoms with Gasteiger partial charge in [-0.25, -0.2) is 0 Å². The number of ether oxygens (including phenoxy) is 2. The standard InChI is InChI=1S/C15H22ClNO2/c1-18-14-9-12(8-13(16)15(14)19-2)10-17-7-3-4-11-5-6-11/h8-9,11,17H,3-7,10H2,1-2H3. The van der Waals surface area contributed by atoms with Crippen LogP contribution in [0.2, 0.25) is 5.02 Å². The maximum Gasteiger partial charge on any atom is 0.179 e. The molecule has 0 atom stereocenters. The number of hydrogen-bond acceptors (Lipinski definition) is 3. The minimum Gasteiger partial charge on any atom is -0.493 e. The zero-order chi connectivity index (χ0) is 13.7. The Balaban J connectivity index is 1.83. The Morgan fingerprint density at radius 1 is 1.26 bits per heavy atom. The first kappa shape index (κ1) is 14.5. The summed E-state index contributed by atoms with van der Waals surface area (Å²) in [5, 5.41) is 4.04. The van der Waals surface area contributed by atoms with E-state index in [2.05, 4.69) is 5.32 Å². The topological polar surface area (TPSA) is 30.5 Å². The maximum atomic E-state index is 6.17. The lowest BCUT2D eigenvalue weighted by Gasteiger charge is -2.12. The molecule has 1 aliphatic rings. The van der Waals surface area contributed by atoms with E-state index in [0.717, 1.165) is 24.6 Å². The van der Waals surface area contributed by atoms with Gasteiger partial charge in [-0.2, -0.15) is 0 Å². The van der Waals surface area contributed by atoms with Crippen molar-refractivity contribution in [2.45, 2.75) is 32.2 Å². The van der Waals surface area contributed by atoms with Crippen LogP contribution in [0.5, 0.6) is 11.5 Å². The Morgan fingerprint density at radius 2 is 2.05 bits per heavy atom. The molecule has 1 aliphatic carbocycles. The number of benzene rings is 1. The van der Waals surface area contributed by atoms with Crippen molar-refractivity contribution in [3.8, 4) is 11.5 Å². The van der Waals surface area contributed by atoms with E-state index in [4.69, 9.17) is 21.1 Å². The van der Waals surface area contributed by atoms with Crippen LogP contribution in [0.15, 0.2) is 12.1 Å². The fourth-order valence-corrected chi connectivity index (χ4v) is 2.54. The SMILES string of the molecule is COc1cc(CNCCCC2CC2)cc(Cl)c1OC. The summed E-state index contributed by atoms with van der Waals surface area (Å²) in [4.78, 5) is 0. The molecular weight excluding hydrogens is 262 g/mol. The van der Waals surface area contributed by atoms with Crippen molar-refractivity contribution in [1.29, 1.82) is 0 Å². The average molecular weight is 284 g/mol. The Morgan fingerprint density at radius 3 is 2.68 bits per heavy atom. The van der Waals surface area contributed by atoms with Crippen molar-refractivity contribution < 1.29 is 9.47 Å². The monoisotopic (exact) mass is 283 g/mol. The van der Waals surface area contributed by atoms with Gasteiger partial charge in [0.25, 0.3) is 0 Å². The molecule has 0 unspecified atom stereocenters. The number of hydrogen-bond donors (Lipinski definition) is 1. The van der Waals surface area contributed by atoms with Crippen molar-refractivity contribution in [2.24, 2.45) is 5.92 Å². The second kappa shape index (κ2) is 7.01. The second-order valence-corrected chi connectivity index (χ2v) is 5.48. The Hall–Kier alpha value is -0.930. The fraction of sp³-hybridized carbons (Fsp3) is 0.600. The van der Waals surface area contributed by atoms with Gasteiger partial charge < -0.3 is 14.8 Å². The molecular formula is C15H22ClNO2. The maximum absolute atomic E-state index is 6.17. The Labute approximate surface area is 120 Å². The van der Waals surface area contributed by atoms with E-state index in [9.17, 15) is 0 Å². The van der Waals surface area contributed by atoms with Crippen LogP contribution in [0.1, 0.15) is 31.2 Å². The first-order chi connectivity index (χ1) is 9.24. The average Bonchev–Trinajstić information content (AvgIpc) is 3.21. The summed E-state index contributed by atoms with van der Waals surface area (Å²) in [5.74, 6) is 2.30. The predicted molar refractivity (Wildman–Crippen MR) is 78.2 cm³/mol. The summed E-state index contributed by atoms with van der Waals surface area (Å²) in [6.07, 6.45) is 5.49. The lowest BCUT2D eigenvalue weighted by Crippen LogP contribution is -2.15. The van der Waals surface area contributed by atoms with Crippen molar-refractivity contribution in [3.05, 3.63) is 22.7 Å². The van der Waals surface area contributed by atoms with E-state index in [1.807, 2.05) is 12.1 Å². The van der Waals surface area contributed by atoms with Crippen molar-refractivity contribution in [3.63, 3.8) is 0 Å². The molecule has 0 aliphatic heterocycles. The van der Waals surface area contributed by atoms with Gasteiger partial charge in [-0.3, -0.25) is 0 Å². The van der Waals surface area contributed by atoms with Gasteiger partial charge in [-0.05, 0) is 43.0 Å². The Kier molecular flexibility index (Phi) is 5.34. The van der Waals surface area contributed by atoms with Crippen LogP contribution in [0, 0.1) is 5.92 Å². The lowest BCUT2D eigenvalue weighted by atomic mass is 10.2. The molecule has 106 valence electrons. The molecule has 1 saturated carbocycles. The molecule has 0 saturated heterocycles. The number of methoxy groups -OCH3 is 2. The summed E-state index contributed by atoms with van der Waals surface area (Å²) in [6.45, 7) is 1.87. The third-order valence-corrected chi connectivity index (χ3v) is 3.77. The minimum absolute atomic E-state index is 0.594. The number of nitrogens with one attached hydrogen (secondary N) is 1. The van der Waals surface area contributed by atoms with E-state index >= 15 is 0 Å². The fourth-order valence-electron chi connectivity index (χ4n) is 2.23. The van der Waals surface area contributed by atoms with Crippen LogP contribution in [0.3, 0.4) is 0 Å². The number of halogens is 1. The Bertz CT molecular complexity index is 419. The van der Waals surface area contributed by atoms with Crippen molar-refractivity contribution in [2.75, 3.05) is 20.8 Å². The van der Waals surface area contributed by atoms with E-state index < -0.39 is 0 Å². The molecule has 1 fully saturated rings. The summed E-state index contributed by atoms with van der Waals surface area (Å²) in [6, 6.07) is 3.90. The molecule has 0 aromatic heterocycles. The van der Waals surface area contributed by atoms with Gasteiger partial charge in [-0.15, -0.1) is 0 Å². The first-order valence-corrected chi connectivity index (χ1v) is 7.23. The van der Waals surface area contributed by atoms with Crippen LogP contribution in [-0.2, 0) is 6.54 Å². The van der Waals surface area contributed by atoms with Crippen LogP contribution in [0.4, 0.5) is 0 Å². The van der Waals surface area contributed by atoms with Crippen LogP contribution in [-0.4, -0.2) is 20.8 Å². The molecule has 0 amide bonds. The molecule has 0 spiro atoms. The molecule has 1 aromatic carbocycles. The molecule has 2 rings (SSSR count). The highest BCUT2D eigenvalue weighted by molar-refractivity contribution is 6.32. The van der Waals surface area contributed by atoms with Crippen LogP contribution >= 0.6 is 11.6 Å². The second-order valence-electron chi connectivity index (χ2n) is 5.08. The highest BCUT2D eigenvalue weighted by Crippen LogP contribution is 2.36. The third kappa shape index (κ3) is 4.29. The smallest absolute Gasteiger partial charge is 0.179 e. The predicted octanol–water partition coefficient (Wildman–Crippen LogP) is 3.64. The van der Waals surface area contributed by atoms with Crippen LogP contribution in [0.25, 0.3) is 0 Å². The lowest BCUT2D eigenvalue weighted by molar-refractivity contribution is 0.354. The molecule has 19 heavy (non-hydrogen) atoms. The van der Waals surface area contributed by atoms with Gasteiger partial charge in [0.2, 0.25) is 0 Å². The van der Waals surface area contributed by atoms with Gasteiger partial charge in [0.05, 0.1) is 19.2 Å². The normalized spacial score (nSPS) is 14.5. The van der Waals surface area contributed by atoms with Crippen molar-refractivity contribution in [1.82, 2.24) is 5.32 Å². The molecule has 3 nitrogen and oxygen atoms in total. The van der Waals surface area contributed by atoms with Gasteiger partial charge >= 0.3 is 0 Å². The van der Waals surface area contributed by atoms with E-state index in [1.165, 1.54) is 25.7 Å². The highest BCUT2D eigenvalue weighted by atomic mass is 35.5. The van der Waals surface area contributed by atoms with Gasteiger partial charge in [0.1, 0.15) is 0 Å². The van der Waals surface area contributed by atoms with E-state index in [1.54, 1.807) is 14.2 Å². The third-order valence-electron chi connectivity index (χ3n) is 3.49. The zero-order valence-electron chi connectivity index (χ0n) is 11.7. The minimum atomic E-state index is 0.594. The number of rotatable bonds is 8. The largest absolute Gasteiger partial charge is 0.493 e. The summed E-state index contributed by atoms with van der Waals surface area (Å²) in [7, 11) is 3.22. The quantitative estimate of drug-likeness (QED) is 0.739. The summed E-state index contributed by atoms with van der Waals surface area (Å²) >= 11 is 6.17. The van der Waals surface area contributed by atoms with Crippen LogP contribution < -0.4 is 14.8 Å². The zero-order valence-corrected chi connectivity index (χ0v) is 12.4. The highest BCUT2D eigenvalue weighted by Gasteiger charge is 2.19. The van der Waals surface area contributed by atoms with Crippen molar-refractivity contribution >= 4 is 11.6 Å². The van der Waals surface area contributed by atoms with E-state index in [-0.39, 0.29) is 0 Å². The molecule has 4 heteroatoms. The van der Waals surface area contributed by atoms with Gasteiger partial charge in [-0.1, -0.05) is 24.4 Å². The van der Waals surface area contributed by atoms with Gasteiger partial charge in [0.15, 0.2) is 11.5 Å². The first-order valence-electron chi connectivity index (χ1n) is 6.85. The summed E-state index contributed by atoms with van der Waals surface area (Å²) in [5.41, 5.74) is 1.12. The molecule has 1 aromatic rings.